The van der Waals surface area contributed by atoms with E-state index < -0.39 is 5.60 Å². The first kappa shape index (κ1) is 10.7. The van der Waals surface area contributed by atoms with Crippen molar-refractivity contribution in [3.05, 3.63) is 0 Å². The molecule has 2 heteroatoms. The normalized spacial score (nSPS) is 19.3. The van der Waals surface area contributed by atoms with Crippen LogP contribution in [0.1, 0.15) is 46.0 Å². The molecule has 0 aromatic carbocycles. The number of hydrogen-bond donors (Lipinski definition) is 0. The van der Waals surface area contributed by atoms with Crippen molar-refractivity contribution in [2.75, 3.05) is 7.11 Å². The van der Waals surface area contributed by atoms with Crippen LogP contribution in [-0.2, 0) is 9.53 Å². The van der Waals surface area contributed by atoms with E-state index >= 15 is 0 Å². The molecule has 76 valence electrons. The van der Waals surface area contributed by atoms with Crippen molar-refractivity contribution < 1.29 is 9.53 Å². The largest absolute Gasteiger partial charge is 0.371 e. The van der Waals surface area contributed by atoms with Gasteiger partial charge in [-0.3, -0.25) is 4.79 Å². The van der Waals surface area contributed by atoms with E-state index in [1.165, 1.54) is 25.7 Å². The lowest BCUT2D eigenvalue weighted by atomic mass is 9.92. The molecule has 0 saturated heterocycles. The number of methoxy groups -OCH3 is 1. The molecule has 0 unspecified atom stereocenters. The van der Waals surface area contributed by atoms with Gasteiger partial charge in [-0.25, -0.2) is 0 Å². The average Bonchev–Trinajstić information content (AvgIpc) is 2.57. The minimum absolute atomic E-state index is 0.252. The summed E-state index contributed by atoms with van der Waals surface area (Å²) >= 11 is 0. The predicted molar refractivity (Wildman–Crippen MR) is 52.7 cm³/mol. The van der Waals surface area contributed by atoms with Crippen LogP contribution < -0.4 is 0 Å². The number of ketones is 1. The molecular formula is C11H20O2. The zero-order valence-corrected chi connectivity index (χ0v) is 8.93. The first-order valence-corrected chi connectivity index (χ1v) is 5.14. The van der Waals surface area contributed by atoms with Crippen LogP contribution in [-0.4, -0.2) is 18.5 Å². The van der Waals surface area contributed by atoms with E-state index in [0.29, 0.717) is 12.3 Å². The van der Waals surface area contributed by atoms with Gasteiger partial charge in [0.2, 0.25) is 0 Å². The van der Waals surface area contributed by atoms with Gasteiger partial charge in [-0.2, -0.15) is 0 Å². The van der Waals surface area contributed by atoms with Crippen molar-refractivity contribution in [2.45, 2.75) is 51.6 Å². The van der Waals surface area contributed by atoms with Crippen molar-refractivity contribution in [3.8, 4) is 0 Å². The highest BCUT2D eigenvalue weighted by atomic mass is 16.5. The second-order valence-corrected chi connectivity index (χ2v) is 4.49. The first-order valence-electron chi connectivity index (χ1n) is 5.14. The maximum Gasteiger partial charge on any atom is 0.164 e. The monoisotopic (exact) mass is 184 g/mol. The molecule has 0 N–H and O–H groups in total. The fourth-order valence-electron chi connectivity index (χ4n) is 1.84. The Morgan fingerprint density at radius 1 is 1.38 bits per heavy atom. The van der Waals surface area contributed by atoms with Crippen LogP contribution in [0.5, 0.6) is 0 Å². The van der Waals surface area contributed by atoms with E-state index in [0.717, 1.165) is 0 Å². The molecule has 0 aliphatic heterocycles. The minimum Gasteiger partial charge on any atom is -0.371 e. The Kier molecular flexibility index (Phi) is 3.48. The maximum atomic E-state index is 11.7. The van der Waals surface area contributed by atoms with Crippen LogP contribution >= 0.6 is 0 Å². The van der Waals surface area contributed by atoms with Crippen LogP contribution in [0.2, 0.25) is 0 Å². The second-order valence-electron chi connectivity index (χ2n) is 4.49. The van der Waals surface area contributed by atoms with E-state index in [1.54, 1.807) is 7.11 Å². The summed E-state index contributed by atoms with van der Waals surface area (Å²) in [5, 5.41) is 0. The van der Waals surface area contributed by atoms with E-state index in [1.807, 2.05) is 13.8 Å². The molecule has 1 saturated carbocycles. The summed E-state index contributed by atoms with van der Waals surface area (Å²) in [6, 6.07) is 0. The first-order chi connectivity index (χ1) is 6.06. The van der Waals surface area contributed by atoms with Gasteiger partial charge in [-0.05, 0) is 19.8 Å². The van der Waals surface area contributed by atoms with Gasteiger partial charge in [0.1, 0.15) is 5.60 Å². The van der Waals surface area contributed by atoms with Gasteiger partial charge >= 0.3 is 0 Å². The molecule has 1 aliphatic carbocycles. The van der Waals surface area contributed by atoms with Gasteiger partial charge in [0.05, 0.1) is 0 Å². The standard InChI is InChI=1S/C11H20O2/c1-11(2,13-3)10(12)8-9-6-4-5-7-9/h9H,4-8H2,1-3H3. The smallest absolute Gasteiger partial charge is 0.164 e. The van der Waals surface area contributed by atoms with Crippen molar-refractivity contribution in [2.24, 2.45) is 5.92 Å². The molecular weight excluding hydrogens is 164 g/mol. The zero-order chi connectivity index (χ0) is 9.90. The average molecular weight is 184 g/mol. The minimum atomic E-state index is -0.581. The summed E-state index contributed by atoms with van der Waals surface area (Å²) in [5.41, 5.74) is -0.581. The third-order valence-corrected chi connectivity index (χ3v) is 3.13. The summed E-state index contributed by atoms with van der Waals surface area (Å²) < 4.78 is 5.16. The Bertz CT molecular complexity index is 179. The van der Waals surface area contributed by atoms with Crippen molar-refractivity contribution in [3.63, 3.8) is 0 Å². The fourth-order valence-corrected chi connectivity index (χ4v) is 1.84. The molecule has 0 atom stereocenters. The molecule has 0 radical (unpaired) electrons. The maximum absolute atomic E-state index is 11.7. The molecule has 0 amide bonds. The fraction of sp³-hybridized carbons (Fsp3) is 0.909. The lowest BCUT2D eigenvalue weighted by Crippen LogP contribution is -2.34. The number of ether oxygens (including phenoxy) is 1. The number of carbonyl (C=O) groups excluding carboxylic acids is 1. The van der Waals surface area contributed by atoms with Crippen LogP contribution in [0.4, 0.5) is 0 Å². The van der Waals surface area contributed by atoms with E-state index in [4.69, 9.17) is 4.74 Å². The van der Waals surface area contributed by atoms with Crippen LogP contribution in [0, 0.1) is 5.92 Å². The highest BCUT2D eigenvalue weighted by Gasteiger charge is 2.29. The van der Waals surface area contributed by atoms with Crippen LogP contribution in [0.15, 0.2) is 0 Å². The summed E-state index contributed by atoms with van der Waals surface area (Å²) in [6.45, 7) is 3.70. The third-order valence-electron chi connectivity index (χ3n) is 3.13. The van der Waals surface area contributed by atoms with Crippen LogP contribution in [0.3, 0.4) is 0 Å². The molecule has 0 aromatic rings. The molecule has 1 aliphatic rings. The SMILES string of the molecule is COC(C)(C)C(=O)CC1CCCC1. The Morgan fingerprint density at radius 3 is 2.38 bits per heavy atom. The van der Waals surface area contributed by atoms with Gasteiger partial charge < -0.3 is 4.74 Å². The topological polar surface area (TPSA) is 26.3 Å². The van der Waals surface area contributed by atoms with Gasteiger partial charge in [0.15, 0.2) is 5.78 Å². The van der Waals surface area contributed by atoms with Crippen molar-refractivity contribution >= 4 is 5.78 Å². The molecule has 1 rings (SSSR count). The summed E-state index contributed by atoms with van der Waals surface area (Å²) in [5.74, 6) is 0.879. The third kappa shape index (κ3) is 2.80. The Labute approximate surface area is 80.7 Å². The number of rotatable bonds is 4. The summed E-state index contributed by atoms with van der Waals surface area (Å²) in [4.78, 5) is 11.7. The lowest BCUT2D eigenvalue weighted by molar-refractivity contribution is -0.138. The zero-order valence-electron chi connectivity index (χ0n) is 8.93. The number of hydrogen-bond acceptors (Lipinski definition) is 2. The number of carbonyl (C=O) groups is 1. The molecule has 0 spiro atoms. The second kappa shape index (κ2) is 4.23. The molecule has 0 aromatic heterocycles. The highest BCUT2D eigenvalue weighted by molar-refractivity contribution is 5.86. The van der Waals surface area contributed by atoms with Gasteiger partial charge in [0.25, 0.3) is 0 Å². The lowest BCUT2D eigenvalue weighted by Gasteiger charge is -2.22. The van der Waals surface area contributed by atoms with E-state index in [-0.39, 0.29) is 5.78 Å². The van der Waals surface area contributed by atoms with Crippen LogP contribution in [0.25, 0.3) is 0 Å². The van der Waals surface area contributed by atoms with E-state index in [2.05, 4.69) is 0 Å². The van der Waals surface area contributed by atoms with Gasteiger partial charge in [0, 0.05) is 13.5 Å². The van der Waals surface area contributed by atoms with Crippen molar-refractivity contribution in [1.82, 2.24) is 0 Å². The number of Topliss-reactive ketones (excluding diaryl/α,β-unsaturated/α-hetero) is 1. The molecule has 0 heterocycles. The quantitative estimate of drug-likeness (QED) is 0.671. The van der Waals surface area contributed by atoms with Crippen molar-refractivity contribution in [1.29, 1.82) is 0 Å². The summed E-state index contributed by atoms with van der Waals surface area (Å²) in [7, 11) is 1.60. The van der Waals surface area contributed by atoms with Gasteiger partial charge in [-0.1, -0.05) is 25.7 Å². The molecule has 0 bridgehead atoms. The van der Waals surface area contributed by atoms with Gasteiger partial charge in [-0.15, -0.1) is 0 Å². The Hall–Kier alpha value is -0.370. The summed E-state index contributed by atoms with van der Waals surface area (Å²) in [6.07, 6.45) is 5.76. The molecule has 1 fully saturated rings. The molecule has 2 nitrogen and oxygen atoms in total. The Morgan fingerprint density at radius 2 is 1.92 bits per heavy atom. The van der Waals surface area contributed by atoms with E-state index in [9.17, 15) is 4.79 Å². The molecule has 13 heavy (non-hydrogen) atoms. The Balaban J connectivity index is 2.39. The highest BCUT2D eigenvalue weighted by Crippen LogP contribution is 2.29. The predicted octanol–water partition coefficient (Wildman–Crippen LogP) is 2.56.